The van der Waals surface area contributed by atoms with E-state index < -0.39 is 0 Å². The highest BCUT2D eigenvalue weighted by molar-refractivity contribution is 5.76. The summed E-state index contributed by atoms with van der Waals surface area (Å²) in [6, 6.07) is 3.73. The van der Waals surface area contributed by atoms with Crippen molar-refractivity contribution < 1.29 is 19.1 Å². The fourth-order valence-electron chi connectivity index (χ4n) is 5.46. The molecule has 2 saturated heterocycles. The lowest BCUT2D eigenvalue weighted by Gasteiger charge is -2.48. The Morgan fingerprint density at radius 2 is 2.28 bits per heavy atom. The summed E-state index contributed by atoms with van der Waals surface area (Å²) in [6.45, 7) is 5.51. The van der Waals surface area contributed by atoms with E-state index >= 15 is 0 Å². The maximum Gasteiger partial charge on any atom is 0.409 e. The number of hydrogen-bond donors (Lipinski definition) is 1. The van der Waals surface area contributed by atoms with E-state index in [-0.39, 0.29) is 41.8 Å². The predicted octanol–water partition coefficient (Wildman–Crippen LogP) is 2.97. The Morgan fingerprint density at radius 1 is 1.45 bits per heavy atom. The van der Waals surface area contributed by atoms with Gasteiger partial charge in [0, 0.05) is 19.0 Å². The highest BCUT2D eigenvalue weighted by Crippen LogP contribution is 2.51. The molecule has 3 fully saturated rings. The lowest BCUT2D eigenvalue weighted by molar-refractivity contribution is -0.144. The molecule has 3 aliphatic rings. The third-order valence-electron chi connectivity index (χ3n) is 6.72. The number of nitrogen functional groups attached to an aromatic ring is 1. The van der Waals surface area contributed by atoms with Gasteiger partial charge in [0.1, 0.15) is 6.10 Å². The van der Waals surface area contributed by atoms with E-state index in [2.05, 4.69) is 11.1 Å². The summed E-state index contributed by atoms with van der Waals surface area (Å²) in [7, 11) is 0. The molecule has 0 radical (unpaired) electrons. The third-order valence-corrected chi connectivity index (χ3v) is 6.72. The van der Waals surface area contributed by atoms with Crippen molar-refractivity contribution in [2.75, 3.05) is 25.4 Å². The van der Waals surface area contributed by atoms with E-state index in [9.17, 15) is 9.59 Å². The molecule has 6 atom stereocenters. The topological polar surface area (TPSA) is 94.8 Å². The molecule has 1 aliphatic carbocycles. The van der Waals surface area contributed by atoms with Crippen LogP contribution in [0.25, 0.3) is 6.08 Å². The Labute approximate surface area is 171 Å². The Kier molecular flexibility index (Phi) is 5.48. The Morgan fingerprint density at radius 3 is 3.00 bits per heavy atom. The van der Waals surface area contributed by atoms with Crippen LogP contribution in [0.2, 0.25) is 0 Å². The van der Waals surface area contributed by atoms with Crippen molar-refractivity contribution in [3.8, 4) is 0 Å². The number of cyclic esters (lactones) is 1. The molecule has 29 heavy (non-hydrogen) atoms. The van der Waals surface area contributed by atoms with E-state index in [0.717, 1.165) is 18.5 Å². The molecule has 1 unspecified atom stereocenters. The normalized spacial score (nSPS) is 33.9. The molecule has 0 bridgehead atoms. The number of hydrogen-bond acceptors (Lipinski definition) is 6. The number of rotatable bonds is 3. The van der Waals surface area contributed by atoms with Crippen molar-refractivity contribution in [1.82, 2.24) is 9.88 Å². The average Bonchev–Trinajstić information content (AvgIpc) is 2.99. The average molecular weight is 399 g/mol. The second-order valence-electron chi connectivity index (χ2n) is 8.37. The van der Waals surface area contributed by atoms with Crippen LogP contribution in [0.3, 0.4) is 0 Å². The van der Waals surface area contributed by atoms with Crippen molar-refractivity contribution in [3.05, 3.63) is 30.1 Å². The molecule has 1 amide bonds. The van der Waals surface area contributed by atoms with Gasteiger partial charge in [-0.3, -0.25) is 9.78 Å². The van der Waals surface area contributed by atoms with Gasteiger partial charge in [0.05, 0.1) is 30.1 Å². The fraction of sp³-hybridized carbons (Fsp3) is 0.591. The largest absolute Gasteiger partial charge is 0.462 e. The molecule has 156 valence electrons. The minimum Gasteiger partial charge on any atom is -0.462 e. The predicted molar refractivity (Wildman–Crippen MR) is 109 cm³/mol. The molecule has 2 aliphatic heterocycles. The van der Waals surface area contributed by atoms with Crippen molar-refractivity contribution in [2.45, 2.75) is 32.8 Å². The lowest BCUT2D eigenvalue weighted by atomic mass is 9.59. The molecule has 0 aromatic carbocycles. The Balaban J connectivity index is 1.58. The van der Waals surface area contributed by atoms with Crippen LogP contribution in [0, 0.1) is 29.6 Å². The smallest absolute Gasteiger partial charge is 0.409 e. The quantitative estimate of drug-likeness (QED) is 0.785. The third kappa shape index (κ3) is 3.82. The molecule has 1 saturated carbocycles. The van der Waals surface area contributed by atoms with Gasteiger partial charge in [0.25, 0.3) is 0 Å². The molecule has 2 N–H and O–H groups in total. The lowest BCUT2D eigenvalue weighted by Crippen LogP contribution is -2.51. The first kappa shape index (κ1) is 19.7. The zero-order valence-corrected chi connectivity index (χ0v) is 17.0. The number of amides is 1. The van der Waals surface area contributed by atoms with Gasteiger partial charge >= 0.3 is 12.1 Å². The number of allylic oxidation sites excluding steroid dienone is 1. The summed E-state index contributed by atoms with van der Waals surface area (Å²) in [5.74, 6) is 0.845. The molecule has 7 nitrogen and oxygen atoms in total. The van der Waals surface area contributed by atoms with Crippen LogP contribution in [-0.4, -0.2) is 47.7 Å². The number of fused-ring (bicyclic) bond motifs is 2. The number of nitrogens with zero attached hydrogens (tertiary/aromatic N) is 2. The van der Waals surface area contributed by atoms with Gasteiger partial charge < -0.3 is 20.1 Å². The SMILES string of the molecule is CCOC(=O)N1CCC2[C@H](C[C@H]3C(=O)O[C@H](C)[C@H]3[C@H]2/C=C/c2ccc(N)cn2)C1. The first-order valence-corrected chi connectivity index (χ1v) is 10.5. The molecule has 1 aromatic rings. The zero-order valence-electron chi connectivity index (χ0n) is 17.0. The summed E-state index contributed by atoms with van der Waals surface area (Å²) in [6.07, 6.45) is 7.20. The number of carbonyl (C=O) groups excluding carboxylic acids is 2. The van der Waals surface area contributed by atoms with Crippen molar-refractivity contribution in [1.29, 1.82) is 0 Å². The maximum absolute atomic E-state index is 12.5. The minimum absolute atomic E-state index is 0.0921. The molecule has 3 heterocycles. The van der Waals surface area contributed by atoms with E-state index in [1.807, 2.05) is 32.1 Å². The number of piperidine rings is 1. The van der Waals surface area contributed by atoms with Crippen molar-refractivity contribution in [2.24, 2.45) is 29.6 Å². The monoisotopic (exact) mass is 399 g/mol. The number of aromatic nitrogens is 1. The van der Waals surface area contributed by atoms with Crippen LogP contribution in [0.1, 0.15) is 32.4 Å². The number of pyridine rings is 1. The van der Waals surface area contributed by atoms with Gasteiger partial charge in [0.15, 0.2) is 0 Å². The number of carbonyl (C=O) groups is 2. The van der Waals surface area contributed by atoms with Gasteiger partial charge in [0.2, 0.25) is 0 Å². The van der Waals surface area contributed by atoms with Crippen LogP contribution in [-0.2, 0) is 14.3 Å². The Hall–Kier alpha value is -2.57. The standard InChI is InChI=1S/C22H29N3O4/c1-3-28-22(27)25-9-8-17-14(12-25)10-19-20(13(2)29-21(19)26)18(17)7-6-16-5-4-15(23)11-24-16/h4-7,11,13-14,17-20H,3,8-10,12,23H2,1-2H3/b7-6+/t13-,14-,17?,18+,19-,20+/m1/s1. The van der Waals surface area contributed by atoms with E-state index in [1.165, 1.54) is 0 Å². The summed E-state index contributed by atoms with van der Waals surface area (Å²) < 4.78 is 10.8. The second-order valence-corrected chi connectivity index (χ2v) is 8.37. The van der Waals surface area contributed by atoms with Gasteiger partial charge in [-0.2, -0.15) is 0 Å². The van der Waals surface area contributed by atoms with E-state index in [0.29, 0.717) is 31.3 Å². The van der Waals surface area contributed by atoms with Gasteiger partial charge in [-0.15, -0.1) is 0 Å². The fourth-order valence-corrected chi connectivity index (χ4v) is 5.46. The van der Waals surface area contributed by atoms with Gasteiger partial charge in [-0.1, -0.05) is 6.08 Å². The molecule has 4 rings (SSSR count). The van der Waals surface area contributed by atoms with Crippen LogP contribution in [0.5, 0.6) is 0 Å². The number of likely N-dealkylation sites (tertiary alicyclic amines) is 1. The van der Waals surface area contributed by atoms with E-state index in [1.54, 1.807) is 11.1 Å². The number of ether oxygens (including phenoxy) is 2. The number of anilines is 1. The van der Waals surface area contributed by atoms with E-state index in [4.69, 9.17) is 15.2 Å². The summed E-state index contributed by atoms with van der Waals surface area (Å²) in [5, 5.41) is 0. The molecular formula is C22H29N3O4. The molecule has 1 aromatic heterocycles. The number of esters is 1. The molecule has 7 heteroatoms. The maximum atomic E-state index is 12.5. The van der Waals surface area contributed by atoms with Crippen LogP contribution < -0.4 is 5.73 Å². The van der Waals surface area contributed by atoms with Gasteiger partial charge in [-0.05, 0) is 62.7 Å². The molecular weight excluding hydrogens is 370 g/mol. The highest BCUT2D eigenvalue weighted by atomic mass is 16.6. The summed E-state index contributed by atoms with van der Waals surface area (Å²) >= 11 is 0. The highest BCUT2D eigenvalue weighted by Gasteiger charge is 2.54. The van der Waals surface area contributed by atoms with Crippen LogP contribution in [0.4, 0.5) is 10.5 Å². The van der Waals surface area contributed by atoms with Crippen LogP contribution in [0.15, 0.2) is 24.4 Å². The number of nitrogens with two attached hydrogens (primary N) is 1. The van der Waals surface area contributed by atoms with Gasteiger partial charge in [-0.25, -0.2) is 4.79 Å². The first-order valence-electron chi connectivity index (χ1n) is 10.5. The zero-order chi connectivity index (χ0) is 20.5. The first-order chi connectivity index (χ1) is 14.0. The summed E-state index contributed by atoms with van der Waals surface area (Å²) in [5.41, 5.74) is 7.21. The Bertz CT molecular complexity index is 794. The minimum atomic E-state index is -0.256. The molecule has 0 spiro atoms. The van der Waals surface area contributed by atoms with Crippen LogP contribution >= 0.6 is 0 Å². The second kappa shape index (κ2) is 8.05. The van der Waals surface area contributed by atoms with Crippen molar-refractivity contribution in [3.63, 3.8) is 0 Å². The summed E-state index contributed by atoms with van der Waals surface area (Å²) in [4.78, 5) is 30.9. The van der Waals surface area contributed by atoms with Crippen molar-refractivity contribution >= 4 is 23.8 Å².